The van der Waals surface area contributed by atoms with Crippen molar-refractivity contribution in [3.63, 3.8) is 0 Å². The molecule has 2 aliphatic heterocycles. The Kier molecular flexibility index (Phi) is 3.63. The maximum Gasteiger partial charge on any atom is 0.167 e. The highest BCUT2D eigenvalue weighted by Crippen LogP contribution is 2.40. The van der Waals surface area contributed by atoms with Gasteiger partial charge in [0.15, 0.2) is 17.7 Å². The number of hydrogen-bond donors (Lipinski definition) is 3. The molecular formula is C15H20N6O3. The lowest BCUT2D eigenvalue weighted by atomic mass is 10.0. The van der Waals surface area contributed by atoms with Gasteiger partial charge < -0.3 is 25.6 Å². The first-order valence-electron chi connectivity index (χ1n) is 7.93. The molecule has 2 aromatic rings. The van der Waals surface area contributed by atoms with Crippen LogP contribution in [0.4, 0.5) is 5.82 Å². The fraction of sp³-hybridized carbons (Fsp3) is 0.533. The molecule has 0 radical (unpaired) electrons. The molecule has 128 valence electrons. The van der Waals surface area contributed by atoms with Gasteiger partial charge >= 0.3 is 0 Å². The normalized spacial score (nSPS) is 30.6. The smallest absolute Gasteiger partial charge is 0.167 e. The summed E-state index contributed by atoms with van der Waals surface area (Å²) in [5, 5.41) is 20.2. The van der Waals surface area contributed by atoms with Crippen LogP contribution in [-0.2, 0) is 4.74 Å². The number of imidazole rings is 1. The van der Waals surface area contributed by atoms with E-state index in [4.69, 9.17) is 10.5 Å². The van der Waals surface area contributed by atoms with E-state index in [0.717, 1.165) is 30.7 Å². The topological polar surface area (TPSA) is 123 Å². The zero-order valence-electron chi connectivity index (χ0n) is 13.3. The van der Waals surface area contributed by atoms with Crippen LogP contribution in [0.15, 0.2) is 23.9 Å². The molecule has 9 heteroatoms. The number of rotatable bonds is 2. The summed E-state index contributed by atoms with van der Waals surface area (Å²) in [5.74, 6) is 0.295. The second-order valence-electron chi connectivity index (χ2n) is 6.16. The lowest BCUT2D eigenvalue weighted by molar-refractivity contribution is -0.0423. The van der Waals surface area contributed by atoms with Crippen LogP contribution < -0.4 is 5.73 Å². The van der Waals surface area contributed by atoms with Crippen molar-refractivity contribution in [1.29, 1.82) is 0 Å². The van der Waals surface area contributed by atoms with Crippen molar-refractivity contribution in [2.45, 2.75) is 31.3 Å². The summed E-state index contributed by atoms with van der Waals surface area (Å²) in [6, 6.07) is 0. The molecule has 0 spiro atoms. The average molecular weight is 332 g/mol. The number of nitrogen functional groups attached to an aromatic ring is 1. The van der Waals surface area contributed by atoms with E-state index in [2.05, 4.69) is 19.9 Å². The second-order valence-corrected chi connectivity index (χ2v) is 6.16. The molecule has 4 N–H and O–H groups in total. The van der Waals surface area contributed by atoms with Gasteiger partial charge in [0.25, 0.3) is 0 Å². The fourth-order valence-electron chi connectivity index (χ4n) is 3.55. The molecule has 0 saturated carbocycles. The predicted molar refractivity (Wildman–Crippen MR) is 85.6 cm³/mol. The van der Waals surface area contributed by atoms with Gasteiger partial charge in [0, 0.05) is 24.9 Å². The van der Waals surface area contributed by atoms with Crippen molar-refractivity contribution < 1.29 is 14.9 Å². The number of allylic oxidation sites excluding steroid dienone is 1. The van der Waals surface area contributed by atoms with Gasteiger partial charge in [-0.05, 0) is 12.8 Å². The van der Waals surface area contributed by atoms with Crippen molar-refractivity contribution in [1.82, 2.24) is 24.4 Å². The van der Waals surface area contributed by atoms with Gasteiger partial charge in [-0.3, -0.25) is 4.57 Å². The fourth-order valence-corrected chi connectivity index (χ4v) is 3.55. The second kappa shape index (κ2) is 5.69. The third kappa shape index (κ3) is 2.16. The maximum absolute atomic E-state index is 10.7. The molecule has 2 saturated heterocycles. The van der Waals surface area contributed by atoms with Crippen LogP contribution in [0.5, 0.6) is 0 Å². The van der Waals surface area contributed by atoms with Gasteiger partial charge in [0.2, 0.25) is 0 Å². The average Bonchev–Trinajstić information content (AvgIpc) is 3.25. The summed E-state index contributed by atoms with van der Waals surface area (Å²) >= 11 is 0. The number of nitrogens with zero attached hydrogens (tertiary/aromatic N) is 5. The molecule has 0 amide bonds. The zero-order chi connectivity index (χ0) is 16.8. The molecule has 2 aromatic heterocycles. The third-order valence-electron chi connectivity index (χ3n) is 4.76. The Labute approximate surface area is 138 Å². The SMILES string of the molecule is CN1CCC/C1=C1\[C@H](n2cnc3c(N)ncnc32)O[C@H](CO)[C@H]1O. The molecule has 24 heavy (non-hydrogen) atoms. The highest BCUT2D eigenvalue weighted by molar-refractivity contribution is 5.81. The number of fused-ring (bicyclic) bond motifs is 1. The Bertz CT molecular complexity index is 804. The Hall–Kier alpha value is -2.23. The van der Waals surface area contributed by atoms with E-state index in [1.807, 2.05) is 7.05 Å². The molecule has 0 unspecified atom stereocenters. The van der Waals surface area contributed by atoms with Crippen LogP contribution in [0.1, 0.15) is 19.1 Å². The van der Waals surface area contributed by atoms with E-state index in [-0.39, 0.29) is 6.61 Å². The van der Waals surface area contributed by atoms with Crippen LogP contribution in [0.3, 0.4) is 0 Å². The largest absolute Gasteiger partial charge is 0.394 e. The molecular weight excluding hydrogens is 312 g/mol. The van der Waals surface area contributed by atoms with Crippen LogP contribution in [0.25, 0.3) is 11.2 Å². The maximum atomic E-state index is 10.7. The summed E-state index contributed by atoms with van der Waals surface area (Å²) in [7, 11) is 2.00. The number of aliphatic hydroxyl groups is 2. The van der Waals surface area contributed by atoms with Crippen LogP contribution >= 0.6 is 0 Å². The van der Waals surface area contributed by atoms with Crippen molar-refractivity contribution in [3.8, 4) is 0 Å². The summed E-state index contributed by atoms with van der Waals surface area (Å²) in [4.78, 5) is 14.6. The predicted octanol–water partition coefficient (Wildman–Crippen LogP) is -0.361. The molecule has 0 aliphatic carbocycles. The summed E-state index contributed by atoms with van der Waals surface area (Å²) in [5.41, 5.74) is 8.69. The van der Waals surface area contributed by atoms with E-state index in [1.165, 1.54) is 6.33 Å². The number of hydrogen-bond acceptors (Lipinski definition) is 8. The first-order valence-corrected chi connectivity index (χ1v) is 7.93. The van der Waals surface area contributed by atoms with Gasteiger partial charge in [-0.2, -0.15) is 0 Å². The van der Waals surface area contributed by atoms with E-state index in [9.17, 15) is 10.2 Å². The van der Waals surface area contributed by atoms with Gasteiger partial charge in [0.05, 0.1) is 12.9 Å². The number of anilines is 1. The van der Waals surface area contributed by atoms with Crippen LogP contribution in [0.2, 0.25) is 0 Å². The van der Waals surface area contributed by atoms with E-state index >= 15 is 0 Å². The Balaban J connectivity index is 1.86. The van der Waals surface area contributed by atoms with Crippen molar-refractivity contribution in [2.75, 3.05) is 25.9 Å². The Morgan fingerprint density at radius 3 is 2.92 bits per heavy atom. The third-order valence-corrected chi connectivity index (χ3v) is 4.76. The molecule has 0 bridgehead atoms. The molecule has 2 aliphatic rings. The van der Waals surface area contributed by atoms with Gasteiger partial charge in [-0.1, -0.05) is 0 Å². The Morgan fingerprint density at radius 1 is 1.38 bits per heavy atom. The van der Waals surface area contributed by atoms with Gasteiger partial charge in [-0.15, -0.1) is 0 Å². The lowest BCUT2D eigenvalue weighted by Gasteiger charge is -2.21. The van der Waals surface area contributed by atoms with E-state index < -0.39 is 18.4 Å². The molecule has 4 rings (SSSR count). The first-order chi connectivity index (χ1) is 11.6. The number of aliphatic hydroxyl groups excluding tert-OH is 2. The van der Waals surface area contributed by atoms with Crippen molar-refractivity contribution in [2.24, 2.45) is 0 Å². The van der Waals surface area contributed by atoms with Crippen LogP contribution in [-0.4, -0.2) is 67.0 Å². The van der Waals surface area contributed by atoms with E-state index in [0.29, 0.717) is 17.0 Å². The summed E-state index contributed by atoms with van der Waals surface area (Å²) in [6.07, 6.45) is 2.73. The molecule has 4 heterocycles. The highest BCUT2D eigenvalue weighted by atomic mass is 16.5. The minimum atomic E-state index is -0.868. The summed E-state index contributed by atoms with van der Waals surface area (Å²) < 4.78 is 7.66. The molecule has 0 aromatic carbocycles. The van der Waals surface area contributed by atoms with Crippen molar-refractivity contribution >= 4 is 17.0 Å². The number of likely N-dealkylation sites (tertiary alicyclic amines) is 1. The number of nitrogens with two attached hydrogens (primary N) is 1. The first kappa shape index (κ1) is 15.3. The zero-order valence-corrected chi connectivity index (χ0v) is 13.3. The van der Waals surface area contributed by atoms with Crippen molar-refractivity contribution in [3.05, 3.63) is 23.9 Å². The van der Waals surface area contributed by atoms with Gasteiger partial charge in [-0.25, -0.2) is 15.0 Å². The van der Waals surface area contributed by atoms with Crippen LogP contribution in [0, 0.1) is 0 Å². The van der Waals surface area contributed by atoms with Gasteiger partial charge in [0.1, 0.15) is 24.1 Å². The minimum Gasteiger partial charge on any atom is -0.394 e. The van der Waals surface area contributed by atoms with E-state index in [1.54, 1.807) is 10.9 Å². The quantitative estimate of drug-likeness (QED) is 0.681. The molecule has 9 nitrogen and oxygen atoms in total. The standard InChI is InChI=1S/C15H20N6O3/c1-20-4-2-3-8(20)10-12(23)9(5-22)24-15(10)21-7-19-11-13(16)17-6-18-14(11)21/h6-7,9,12,15,22-23H,2-5H2,1H3,(H2,16,17,18)/b10-8+/t9-,12-,15-/m1/s1. The Morgan fingerprint density at radius 2 is 2.21 bits per heavy atom. The summed E-state index contributed by atoms with van der Waals surface area (Å²) in [6.45, 7) is 0.670. The lowest BCUT2D eigenvalue weighted by Crippen LogP contribution is -2.27. The number of aromatic nitrogens is 4. The molecule has 2 fully saturated rings. The monoisotopic (exact) mass is 332 g/mol. The number of ether oxygens (including phenoxy) is 1. The molecule has 3 atom stereocenters. The minimum absolute atomic E-state index is 0.262. The highest BCUT2D eigenvalue weighted by Gasteiger charge is 2.43.